The van der Waals surface area contributed by atoms with Gasteiger partial charge in [-0.05, 0) is 42.7 Å². The van der Waals surface area contributed by atoms with Crippen LogP contribution in [0.1, 0.15) is 24.8 Å². The van der Waals surface area contributed by atoms with Gasteiger partial charge in [0.1, 0.15) is 11.6 Å². The number of hydrogen-bond donors (Lipinski definition) is 1. The fraction of sp³-hybridized carbons (Fsp3) is 0.321. The van der Waals surface area contributed by atoms with E-state index in [0.29, 0.717) is 25.1 Å². The lowest BCUT2D eigenvalue weighted by Gasteiger charge is -2.42. The second-order valence-electron chi connectivity index (χ2n) is 8.91. The number of nitrogens with zero attached hydrogens (tertiary/aromatic N) is 2. The lowest BCUT2D eigenvalue weighted by molar-refractivity contribution is -0.121. The van der Waals surface area contributed by atoms with Gasteiger partial charge >= 0.3 is 10.2 Å². The van der Waals surface area contributed by atoms with Gasteiger partial charge in [-0.2, -0.15) is 12.7 Å². The third-order valence-electron chi connectivity index (χ3n) is 6.66. The minimum atomic E-state index is -3.85. The van der Waals surface area contributed by atoms with E-state index in [1.807, 2.05) is 30.3 Å². The molecule has 3 rings (SSSR count). The Morgan fingerprint density at radius 2 is 1.86 bits per heavy atom. The van der Waals surface area contributed by atoms with Gasteiger partial charge in [0.05, 0.1) is 19.2 Å². The van der Waals surface area contributed by atoms with Crippen molar-refractivity contribution in [2.75, 3.05) is 38.1 Å². The second-order valence-corrected chi connectivity index (χ2v) is 10.9. The van der Waals surface area contributed by atoms with Crippen molar-refractivity contribution in [2.24, 2.45) is 0 Å². The molecule has 1 heterocycles. The minimum absolute atomic E-state index is 0.0851. The molecule has 1 aliphatic rings. The topological polar surface area (TPSA) is 79.0 Å². The Bertz CT molecular complexity index is 1240. The van der Waals surface area contributed by atoms with Crippen LogP contribution in [0, 0.1) is 5.82 Å². The third-order valence-corrected chi connectivity index (χ3v) is 8.58. The number of anilines is 1. The van der Waals surface area contributed by atoms with E-state index < -0.39 is 21.4 Å². The van der Waals surface area contributed by atoms with Gasteiger partial charge < -0.3 is 10.1 Å². The van der Waals surface area contributed by atoms with Gasteiger partial charge in [-0.25, -0.2) is 4.39 Å². The number of halogens is 1. The lowest BCUT2D eigenvalue weighted by Crippen LogP contribution is -2.52. The Labute approximate surface area is 219 Å². The summed E-state index contributed by atoms with van der Waals surface area (Å²) >= 11 is 0. The number of nitrogens with one attached hydrogen (secondary N) is 1. The summed E-state index contributed by atoms with van der Waals surface area (Å²) in [4.78, 5) is 12.7. The summed E-state index contributed by atoms with van der Waals surface area (Å²) in [5.74, 6) is -0.165. The molecule has 1 N–H and O–H groups in total. The van der Waals surface area contributed by atoms with Gasteiger partial charge in [-0.15, -0.1) is 0 Å². The molecule has 1 amide bonds. The Morgan fingerprint density at radius 1 is 1.16 bits per heavy atom. The van der Waals surface area contributed by atoms with Crippen LogP contribution in [-0.2, 0) is 25.2 Å². The van der Waals surface area contributed by atoms with E-state index in [2.05, 4.69) is 11.9 Å². The van der Waals surface area contributed by atoms with Crippen LogP contribution in [0.25, 0.3) is 0 Å². The number of amides is 1. The van der Waals surface area contributed by atoms with E-state index in [4.69, 9.17) is 4.74 Å². The number of rotatable bonds is 11. The Kier molecular flexibility index (Phi) is 9.66. The molecule has 0 spiro atoms. The van der Waals surface area contributed by atoms with Crippen molar-refractivity contribution in [3.05, 3.63) is 103 Å². The van der Waals surface area contributed by atoms with Crippen molar-refractivity contribution < 1.29 is 22.3 Å². The Balaban J connectivity index is 1.73. The molecule has 0 radical (unpaired) electrons. The van der Waals surface area contributed by atoms with Crippen molar-refractivity contribution in [2.45, 2.75) is 24.7 Å². The zero-order chi connectivity index (χ0) is 26.9. The minimum Gasteiger partial charge on any atom is -0.501 e. The molecule has 1 aliphatic heterocycles. The normalized spacial score (nSPS) is 16.4. The number of piperidine rings is 1. The van der Waals surface area contributed by atoms with Gasteiger partial charge in [0.25, 0.3) is 0 Å². The first kappa shape index (κ1) is 28.1. The van der Waals surface area contributed by atoms with Crippen LogP contribution in [0.2, 0.25) is 0 Å². The smallest absolute Gasteiger partial charge is 0.303 e. The summed E-state index contributed by atoms with van der Waals surface area (Å²) in [5.41, 5.74) is 0.874. The fourth-order valence-electron chi connectivity index (χ4n) is 4.41. The van der Waals surface area contributed by atoms with Gasteiger partial charge in [-0.3, -0.25) is 9.10 Å². The van der Waals surface area contributed by atoms with Crippen LogP contribution >= 0.6 is 0 Å². The van der Waals surface area contributed by atoms with E-state index >= 15 is 0 Å². The van der Waals surface area contributed by atoms with Crippen LogP contribution < -0.4 is 9.62 Å². The van der Waals surface area contributed by atoms with E-state index in [1.165, 1.54) is 36.7 Å². The summed E-state index contributed by atoms with van der Waals surface area (Å²) in [6.07, 6.45) is 7.96. The predicted molar refractivity (Wildman–Crippen MR) is 145 cm³/mol. The second kappa shape index (κ2) is 12.7. The molecule has 7 nitrogen and oxygen atoms in total. The summed E-state index contributed by atoms with van der Waals surface area (Å²) < 4.78 is 48.1. The number of methoxy groups -OCH3 is 1. The number of allylic oxidation sites excluding steroid dienone is 4. The number of carbonyl (C=O) groups excluding carboxylic acids is 1. The molecule has 0 aliphatic carbocycles. The maximum Gasteiger partial charge on any atom is 0.303 e. The molecule has 2 aromatic rings. The highest BCUT2D eigenvalue weighted by atomic mass is 32.2. The zero-order valence-corrected chi connectivity index (χ0v) is 22.1. The quantitative estimate of drug-likeness (QED) is 0.349. The number of carbonyl (C=O) groups is 1. The predicted octanol–water partition coefficient (Wildman–Crippen LogP) is 4.32. The summed E-state index contributed by atoms with van der Waals surface area (Å²) in [7, 11) is -0.908. The van der Waals surface area contributed by atoms with Crippen LogP contribution in [0.5, 0.6) is 0 Å². The molecule has 37 heavy (non-hydrogen) atoms. The molecule has 0 unspecified atom stereocenters. The monoisotopic (exact) mass is 527 g/mol. The highest BCUT2D eigenvalue weighted by Gasteiger charge is 2.40. The van der Waals surface area contributed by atoms with Crippen LogP contribution in [-0.4, -0.2) is 52.4 Å². The van der Waals surface area contributed by atoms with Crippen molar-refractivity contribution in [3.63, 3.8) is 0 Å². The third kappa shape index (κ3) is 7.08. The van der Waals surface area contributed by atoms with Crippen LogP contribution in [0.3, 0.4) is 0 Å². The highest BCUT2D eigenvalue weighted by molar-refractivity contribution is 7.90. The largest absolute Gasteiger partial charge is 0.501 e. The Morgan fingerprint density at radius 3 is 2.49 bits per heavy atom. The number of ether oxygens (including phenoxy) is 1. The SMILES string of the molecule is C=C/C=C\C=C(/CC(=O)NCC1(c2ccccc2)CCN(S(=O)(=O)N(C)c2cccc(F)c2)CC1)OC. The van der Waals surface area contributed by atoms with Crippen molar-refractivity contribution in [3.8, 4) is 0 Å². The van der Waals surface area contributed by atoms with E-state index in [0.717, 1.165) is 9.87 Å². The molecule has 1 fully saturated rings. The van der Waals surface area contributed by atoms with E-state index in [-0.39, 0.29) is 31.1 Å². The molecule has 198 valence electrons. The van der Waals surface area contributed by atoms with Gasteiger partial charge in [0.15, 0.2) is 0 Å². The molecule has 2 aromatic carbocycles. The summed E-state index contributed by atoms with van der Waals surface area (Å²) in [6.45, 7) is 4.51. The van der Waals surface area contributed by atoms with Gasteiger partial charge in [0.2, 0.25) is 5.91 Å². The maximum absolute atomic E-state index is 13.7. The molecule has 0 aromatic heterocycles. The van der Waals surface area contributed by atoms with Crippen molar-refractivity contribution >= 4 is 21.8 Å². The molecular weight excluding hydrogens is 493 g/mol. The van der Waals surface area contributed by atoms with Crippen LogP contribution in [0.4, 0.5) is 10.1 Å². The average Bonchev–Trinajstić information content (AvgIpc) is 2.91. The summed E-state index contributed by atoms with van der Waals surface area (Å²) in [5, 5.41) is 3.03. The number of hydrogen-bond acceptors (Lipinski definition) is 4. The Hall–Kier alpha value is -3.43. The van der Waals surface area contributed by atoms with Gasteiger partial charge in [-0.1, -0.05) is 61.2 Å². The first-order valence-electron chi connectivity index (χ1n) is 12.1. The first-order chi connectivity index (χ1) is 17.7. The lowest BCUT2D eigenvalue weighted by atomic mass is 9.73. The molecule has 0 saturated carbocycles. The van der Waals surface area contributed by atoms with Crippen molar-refractivity contribution in [1.82, 2.24) is 9.62 Å². The zero-order valence-electron chi connectivity index (χ0n) is 21.3. The standard InChI is InChI=1S/C28H34FN3O4S/c1-4-5-7-15-26(36-3)21-27(33)30-22-28(23-11-8-6-9-12-23)16-18-32(19-17-28)37(34,35)31(2)25-14-10-13-24(29)20-25/h4-15,20H,1,16-19,21-22H2,2-3H3,(H,30,33)/b7-5-,26-15+. The van der Waals surface area contributed by atoms with Gasteiger partial charge in [0, 0.05) is 32.1 Å². The molecule has 1 saturated heterocycles. The molecule has 0 atom stereocenters. The number of benzene rings is 2. The highest BCUT2D eigenvalue weighted by Crippen LogP contribution is 2.36. The van der Waals surface area contributed by atoms with E-state index in [1.54, 1.807) is 30.4 Å². The molecular formula is C28H34FN3O4S. The molecule has 9 heteroatoms. The fourth-order valence-corrected chi connectivity index (χ4v) is 5.78. The van der Waals surface area contributed by atoms with Crippen LogP contribution in [0.15, 0.2) is 91.2 Å². The maximum atomic E-state index is 13.7. The van der Waals surface area contributed by atoms with E-state index in [9.17, 15) is 17.6 Å². The first-order valence-corrected chi connectivity index (χ1v) is 13.5. The average molecular weight is 528 g/mol. The molecule has 0 bridgehead atoms. The van der Waals surface area contributed by atoms with Crippen molar-refractivity contribution in [1.29, 1.82) is 0 Å². The summed E-state index contributed by atoms with van der Waals surface area (Å²) in [6, 6.07) is 15.3.